The van der Waals surface area contributed by atoms with Gasteiger partial charge in [0.25, 0.3) is 5.91 Å². The molecule has 0 heterocycles. The number of carbonyl (C=O) groups is 2. The molecular formula is C19H21NO4S. The van der Waals surface area contributed by atoms with Gasteiger partial charge in [-0.05, 0) is 31.2 Å². The first-order chi connectivity index (χ1) is 12.0. The van der Waals surface area contributed by atoms with Crippen molar-refractivity contribution < 1.29 is 19.4 Å². The lowest BCUT2D eigenvalue weighted by Gasteiger charge is -2.19. The maximum atomic E-state index is 12.7. The topological polar surface area (TPSA) is 66.8 Å². The van der Waals surface area contributed by atoms with E-state index in [0.717, 1.165) is 5.75 Å². The van der Waals surface area contributed by atoms with Gasteiger partial charge in [0.15, 0.2) is 0 Å². The van der Waals surface area contributed by atoms with Crippen LogP contribution in [0.2, 0.25) is 0 Å². The summed E-state index contributed by atoms with van der Waals surface area (Å²) in [7, 11) is 1.71. The number of carboxylic acid groups (broad SMARTS) is 1. The second-order valence-electron chi connectivity index (χ2n) is 5.48. The first kappa shape index (κ1) is 18.9. The summed E-state index contributed by atoms with van der Waals surface area (Å²) in [4.78, 5) is 26.0. The van der Waals surface area contributed by atoms with E-state index >= 15 is 0 Å². The van der Waals surface area contributed by atoms with Gasteiger partial charge in [0.2, 0.25) is 0 Å². The molecule has 0 aliphatic carbocycles. The molecular weight excluding hydrogens is 338 g/mol. The molecule has 1 N–H and O–H groups in total. The highest BCUT2D eigenvalue weighted by atomic mass is 32.2. The minimum absolute atomic E-state index is 0.155. The fraction of sp³-hybridized carbons (Fsp3) is 0.263. The molecule has 0 saturated heterocycles. The molecule has 1 amide bonds. The average molecular weight is 359 g/mol. The van der Waals surface area contributed by atoms with Gasteiger partial charge in [0.1, 0.15) is 17.6 Å². The predicted molar refractivity (Wildman–Crippen MR) is 98.3 cm³/mol. The van der Waals surface area contributed by atoms with E-state index in [1.165, 1.54) is 11.8 Å². The second-order valence-corrected chi connectivity index (χ2v) is 6.87. The van der Waals surface area contributed by atoms with Crippen LogP contribution < -0.4 is 4.74 Å². The number of para-hydroxylation sites is 1. The SMILES string of the molecule is CC(Sc1ccccc1C(=O)N(C)CCOc1ccccc1)C(=O)O. The van der Waals surface area contributed by atoms with Crippen LogP contribution >= 0.6 is 11.8 Å². The number of nitrogens with zero attached hydrogens (tertiary/aromatic N) is 1. The third-order valence-corrected chi connectivity index (χ3v) is 4.72. The molecule has 0 saturated carbocycles. The Labute approximate surface area is 151 Å². The van der Waals surface area contributed by atoms with Crippen LogP contribution in [0.5, 0.6) is 5.75 Å². The molecule has 1 unspecified atom stereocenters. The number of ether oxygens (including phenoxy) is 1. The van der Waals surface area contributed by atoms with Crippen LogP contribution in [0.3, 0.4) is 0 Å². The van der Waals surface area contributed by atoms with Gasteiger partial charge in [-0.25, -0.2) is 0 Å². The van der Waals surface area contributed by atoms with E-state index in [1.54, 1.807) is 43.1 Å². The molecule has 0 aromatic heterocycles. The van der Waals surface area contributed by atoms with E-state index < -0.39 is 11.2 Å². The minimum atomic E-state index is -0.906. The van der Waals surface area contributed by atoms with Gasteiger partial charge in [-0.2, -0.15) is 0 Å². The Hall–Kier alpha value is -2.47. The summed E-state index contributed by atoms with van der Waals surface area (Å²) in [6.45, 7) is 2.42. The van der Waals surface area contributed by atoms with Crippen molar-refractivity contribution in [2.75, 3.05) is 20.2 Å². The third-order valence-electron chi connectivity index (χ3n) is 3.55. The fourth-order valence-corrected chi connectivity index (χ4v) is 3.03. The first-order valence-electron chi connectivity index (χ1n) is 7.91. The van der Waals surface area contributed by atoms with Gasteiger partial charge in [-0.3, -0.25) is 9.59 Å². The number of hydrogen-bond acceptors (Lipinski definition) is 4. The van der Waals surface area contributed by atoms with E-state index in [0.29, 0.717) is 23.6 Å². The molecule has 0 radical (unpaired) electrons. The highest BCUT2D eigenvalue weighted by Gasteiger charge is 2.19. The lowest BCUT2D eigenvalue weighted by atomic mass is 10.2. The molecule has 0 spiro atoms. The lowest BCUT2D eigenvalue weighted by Crippen LogP contribution is -2.31. The molecule has 0 aliphatic rings. The molecule has 132 valence electrons. The van der Waals surface area contributed by atoms with Crippen molar-refractivity contribution in [2.45, 2.75) is 17.1 Å². The van der Waals surface area contributed by atoms with E-state index in [1.807, 2.05) is 30.3 Å². The largest absolute Gasteiger partial charge is 0.492 e. The summed E-state index contributed by atoms with van der Waals surface area (Å²) in [5.41, 5.74) is 0.503. The number of benzene rings is 2. The zero-order valence-corrected chi connectivity index (χ0v) is 15.0. The standard InChI is InChI=1S/C19H21NO4S/c1-14(19(22)23)25-17-11-7-6-10-16(17)18(21)20(2)12-13-24-15-8-4-3-5-9-15/h3-11,14H,12-13H2,1-2H3,(H,22,23). The van der Waals surface area contributed by atoms with Crippen LogP contribution in [-0.2, 0) is 4.79 Å². The zero-order valence-electron chi connectivity index (χ0n) is 14.2. The number of aliphatic carboxylic acids is 1. The highest BCUT2D eigenvalue weighted by Crippen LogP contribution is 2.27. The second kappa shape index (κ2) is 9.13. The van der Waals surface area contributed by atoms with Crippen molar-refractivity contribution in [3.8, 4) is 5.75 Å². The first-order valence-corrected chi connectivity index (χ1v) is 8.79. The summed E-state index contributed by atoms with van der Waals surface area (Å²) in [5.74, 6) is -0.302. The number of carboxylic acids is 1. The molecule has 6 heteroatoms. The molecule has 0 aliphatic heterocycles. The molecule has 1 atom stereocenters. The summed E-state index contributed by atoms with van der Waals surface area (Å²) < 4.78 is 5.61. The van der Waals surface area contributed by atoms with Crippen molar-refractivity contribution in [1.29, 1.82) is 0 Å². The van der Waals surface area contributed by atoms with Gasteiger partial charge in [-0.1, -0.05) is 30.3 Å². The normalized spacial score (nSPS) is 11.6. The summed E-state index contributed by atoms with van der Waals surface area (Å²) in [5, 5.41) is 8.45. The predicted octanol–water partition coefficient (Wildman–Crippen LogP) is 3.40. The molecule has 25 heavy (non-hydrogen) atoms. The van der Waals surface area contributed by atoms with E-state index in [2.05, 4.69) is 0 Å². The Kier molecular flexibility index (Phi) is 6.89. The van der Waals surface area contributed by atoms with E-state index in [-0.39, 0.29) is 5.91 Å². The van der Waals surface area contributed by atoms with Crippen LogP contribution in [0, 0.1) is 0 Å². The molecule has 2 rings (SSSR count). The quantitative estimate of drug-likeness (QED) is 0.732. The minimum Gasteiger partial charge on any atom is -0.492 e. The Balaban J connectivity index is 1.98. The fourth-order valence-electron chi connectivity index (χ4n) is 2.11. The van der Waals surface area contributed by atoms with Gasteiger partial charge < -0.3 is 14.7 Å². The number of likely N-dealkylation sites (N-methyl/N-ethyl adjacent to an activating group) is 1. The van der Waals surface area contributed by atoms with Gasteiger partial charge in [0.05, 0.1) is 12.1 Å². The highest BCUT2D eigenvalue weighted by molar-refractivity contribution is 8.00. The van der Waals surface area contributed by atoms with Crippen molar-refractivity contribution in [3.63, 3.8) is 0 Å². The molecule has 5 nitrogen and oxygen atoms in total. The van der Waals surface area contributed by atoms with Crippen molar-refractivity contribution in [1.82, 2.24) is 4.90 Å². The van der Waals surface area contributed by atoms with Crippen molar-refractivity contribution >= 4 is 23.6 Å². The molecule has 2 aromatic carbocycles. The number of carbonyl (C=O) groups excluding carboxylic acids is 1. The average Bonchev–Trinajstić information content (AvgIpc) is 2.62. The maximum Gasteiger partial charge on any atom is 0.316 e. The third kappa shape index (κ3) is 5.53. The van der Waals surface area contributed by atoms with Crippen molar-refractivity contribution in [2.24, 2.45) is 0 Å². The van der Waals surface area contributed by atoms with Crippen LogP contribution in [-0.4, -0.2) is 47.3 Å². The van der Waals surface area contributed by atoms with E-state index in [9.17, 15) is 9.59 Å². The summed E-state index contributed by atoms with van der Waals surface area (Å²) >= 11 is 1.17. The van der Waals surface area contributed by atoms with Crippen LogP contribution in [0.4, 0.5) is 0 Å². The molecule has 2 aromatic rings. The van der Waals surface area contributed by atoms with Gasteiger partial charge >= 0.3 is 5.97 Å². The number of rotatable bonds is 8. The Morgan fingerprint density at radius 3 is 2.44 bits per heavy atom. The summed E-state index contributed by atoms with van der Waals surface area (Å²) in [6, 6.07) is 16.5. The Bertz CT molecular complexity index is 720. The Morgan fingerprint density at radius 2 is 1.76 bits per heavy atom. The molecule has 0 bridgehead atoms. The molecule has 0 fully saturated rings. The van der Waals surface area contributed by atoms with Gasteiger partial charge in [-0.15, -0.1) is 11.8 Å². The Morgan fingerprint density at radius 1 is 1.12 bits per heavy atom. The monoisotopic (exact) mass is 359 g/mol. The smallest absolute Gasteiger partial charge is 0.316 e. The number of hydrogen-bond donors (Lipinski definition) is 1. The van der Waals surface area contributed by atoms with Crippen LogP contribution in [0.1, 0.15) is 17.3 Å². The van der Waals surface area contributed by atoms with Crippen LogP contribution in [0.15, 0.2) is 59.5 Å². The van der Waals surface area contributed by atoms with Crippen molar-refractivity contribution in [3.05, 3.63) is 60.2 Å². The number of thioether (sulfide) groups is 1. The van der Waals surface area contributed by atoms with E-state index in [4.69, 9.17) is 9.84 Å². The van der Waals surface area contributed by atoms with Gasteiger partial charge in [0, 0.05) is 11.9 Å². The lowest BCUT2D eigenvalue weighted by molar-refractivity contribution is -0.136. The number of amides is 1. The zero-order chi connectivity index (χ0) is 18.2. The maximum absolute atomic E-state index is 12.7. The summed E-state index contributed by atoms with van der Waals surface area (Å²) in [6.07, 6.45) is 0. The van der Waals surface area contributed by atoms with Crippen LogP contribution in [0.25, 0.3) is 0 Å².